The lowest BCUT2D eigenvalue weighted by Crippen LogP contribution is -1.83. The van der Waals surface area contributed by atoms with Crippen molar-refractivity contribution in [3.8, 4) is 0 Å². The fourth-order valence-electron chi connectivity index (χ4n) is 1.02. The van der Waals surface area contributed by atoms with Crippen LogP contribution in [0.1, 0.15) is 11.6 Å². The average molecular weight is 188 g/mol. The Labute approximate surface area is 75.3 Å². The third-order valence-corrected chi connectivity index (χ3v) is 2.49. The molecule has 1 atom stereocenters. The van der Waals surface area contributed by atoms with Gasteiger partial charge in [0.1, 0.15) is 0 Å². The van der Waals surface area contributed by atoms with E-state index in [-0.39, 0.29) is 0 Å². The summed E-state index contributed by atoms with van der Waals surface area (Å²) in [5.41, 5.74) is 1.22. The molecule has 1 N–H and O–H groups in total. The van der Waals surface area contributed by atoms with Crippen LogP contribution >= 0.6 is 23.2 Å². The Morgan fingerprint density at radius 3 is 2.55 bits per heavy atom. The Morgan fingerprint density at radius 2 is 2.00 bits per heavy atom. The van der Waals surface area contributed by atoms with Crippen LogP contribution in [-0.4, -0.2) is 6.54 Å². The van der Waals surface area contributed by atoms with E-state index in [2.05, 4.69) is 5.32 Å². The van der Waals surface area contributed by atoms with E-state index in [1.807, 2.05) is 18.2 Å². The second kappa shape index (κ2) is 2.67. The molecule has 3 heteroatoms. The van der Waals surface area contributed by atoms with Crippen LogP contribution in [0.15, 0.2) is 18.2 Å². The van der Waals surface area contributed by atoms with E-state index in [9.17, 15) is 0 Å². The first kappa shape index (κ1) is 7.41. The molecule has 1 aromatic rings. The summed E-state index contributed by atoms with van der Waals surface area (Å²) in [4.78, 5) is 0. The lowest BCUT2D eigenvalue weighted by molar-refractivity contribution is 1.08. The number of rotatable bonds is 1. The Hall–Kier alpha value is -0.240. The number of halogens is 2. The molecule has 2 rings (SSSR count). The number of nitrogens with one attached hydrogen (secondary N) is 1. The van der Waals surface area contributed by atoms with Crippen molar-refractivity contribution >= 4 is 23.2 Å². The maximum Gasteiger partial charge on any atom is 0.0595 e. The Kier molecular flexibility index (Phi) is 1.80. The summed E-state index contributed by atoms with van der Waals surface area (Å²) >= 11 is 11.6. The van der Waals surface area contributed by atoms with Gasteiger partial charge in [0.05, 0.1) is 10.0 Å². The van der Waals surface area contributed by atoms with Crippen molar-refractivity contribution in [1.29, 1.82) is 0 Å². The molecule has 0 aromatic heterocycles. The molecule has 0 bridgehead atoms. The van der Waals surface area contributed by atoms with Gasteiger partial charge in [-0.2, -0.15) is 0 Å². The predicted octanol–water partition coefficient (Wildman–Crippen LogP) is 2.64. The minimum absolute atomic E-state index is 0.504. The van der Waals surface area contributed by atoms with Gasteiger partial charge in [0.25, 0.3) is 0 Å². The highest BCUT2D eigenvalue weighted by atomic mass is 35.5. The van der Waals surface area contributed by atoms with Crippen LogP contribution in [0, 0.1) is 0 Å². The maximum atomic E-state index is 5.83. The van der Waals surface area contributed by atoms with Crippen molar-refractivity contribution in [2.75, 3.05) is 6.54 Å². The fraction of sp³-hybridized carbons (Fsp3) is 0.250. The van der Waals surface area contributed by atoms with Gasteiger partial charge in [-0.15, -0.1) is 0 Å². The van der Waals surface area contributed by atoms with Crippen molar-refractivity contribution < 1.29 is 0 Å². The van der Waals surface area contributed by atoms with E-state index in [1.165, 1.54) is 5.56 Å². The van der Waals surface area contributed by atoms with Crippen LogP contribution in [0.3, 0.4) is 0 Å². The van der Waals surface area contributed by atoms with Crippen molar-refractivity contribution in [3.05, 3.63) is 33.8 Å². The first-order valence-electron chi connectivity index (χ1n) is 3.46. The van der Waals surface area contributed by atoms with Crippen LogP contribution < -0.4 is 5.32 Å². The molecule has 58 valence electrons. The minimum atomic E-state index is 0.504. The summed E-state index contributed by atoms with van der Waals surface area (Å²) in [6.07, 6.45) is 0. The number of benzene rings is 1. The van der Waals surface area contributed by atoms with Gasteiger partial charge >= 0.3 is 0 Å². The van der Waals surface area contributed by atoms with Gasteiger partial charge in [-0.05, 0) is 17.7 Å². The number of hydrogen-bond acceptors (Lipinski definition) is 1. The topological polar surface area (TPSA) is 21.9 Å². The van der Waals surface area contributed by atoms with Gasteiger partial charge in [0.2, 0.25) is 0 Å². The second-order valence-corrected chi connectivity index (χ2v) is 3.45. The zero-order chi connectivity index (χ0) is 7.84. The van der Waals surface area contributed by atoms with Crippen LogP contribution in [-0.2, 0) is 0 Å². The Morgan fingerprint density at radius 1 is 1.27 bits per heavy atom. The molecule has 1 fully saturated rings. The largest absolute Gasteiger partial charge is 0.307 e. The van der Waals surface area contributed by atoms with Crippen LogP contribution in [0.25, 0.3) is 0 Å². The quantitative estimate of drug-likeness (QED) is 0.672. The molecule has 0 amide bonds. The monoisotopic (exact) mass is 187 g/mol. The molecular formula is C8H7Cl2N. The van der Waals surface area contributed by atoms with E-state index in [1.54, 1.807) is 0 Å². The Balaban J connectivity index is 2.36. The molecule has 0 unspecified atom stereocenters. The standard InChI is InChI=1S/C8H7Cl2N/c9-6-2-1-5(3-7(6)10)8-4-11-8/h1-3,8,11H,4H2/t8-/m1/s1. The molecule has 0 saturated carbocycles. The summed E-state index contributed by atoms with van der Waals surface area (Å²) in [6.45, 7) is 1.05. The first-order chi connectivity index (χ1) is 5.27. The molecule has 1 aliphatic rings. The van der Waals surface area contributed by atoms with Crippen molar-refractivity contribution in [3.63, 3.8) is 0 Å². The zero-order valence-electron chi connectivity index (χ0n) is 5.77. The van der Waals surface area contributed by atoms with E-state index in [0.29, 0.717) is 16.1 Å². The lowest BCUT2D eigenvalue weighted by Gasteiger charge is -1.98. The molecule has 0 spiro atoms. The van der Waals surface area contributed by atoms with Crippen LogP contribution in [0.2, 0.25) is 10.0 Å². The van der Waals surface area contributed by atoms with Crippen molar-refractivity contribution in [2.24, 2.45) is 0 Å². The second-order valence-electron chi connectivity index (χ2n) is 2.63. The molecule has 1 heterocycles. The maximum absolute atomic E-state index is 5.83. The molecule has 11 heavy (non-hydrogen) atoms. The molecule has 1 aromatic carbocycles. The summed E-state index contributed by atoms with van der Waals surface area (Å²) in [5, 5.41) is 4.45. The highest BCUT2D eigenvalue weighted by molar-refractivity contribution is 6.42. The van der Waals surface area contributed by atoms with Crippen molar-refractivity contribution in [1.82, 2.24) is 5.32 Å². The minimum Gasteiger partial charge on any atom is -0.307 e. The third-order valence-electron chi connectivity index (χ3n) is 1.75. The van der Waals surface area contributed by atoms with Gasteiger partial charge in [0, 0.05) is 12.6 Å². The normalized spacial score (nSPS) is 21.8. The molecule has 1 saturated heterocycles. The van der Waals surface area contributed by atoms with Gasteiger partial charge in [-0.1, -0.05) is 29.3 Å². The van der Waals surface area contributed by atoms with E-state index >= 15 is 0 Å². The summed E-state index contributed by atoms with van der Waals surface area (Å²) < 4.78 is 0. The SMILES string of the molecule is Clc1ccc([C@H]2CN2)cc1Cl. The molecule has 0 aliphatic carbocycles. The number of hydrogen-bond donors (Lipinski definition) is 1. The van der Waals surface area contributed by atoms with Crippen molar-refractivity contribution in [2.45, 2.75) is 6.04 Å². The molecule has 1 aliphatic heterocycles. The van der Waals surface area contributed by atoms with Gasteiger partial charge in [-0.3, -0.25) is 0 Å². The summed E-state index contributed by atoms with van der Waals surface area (Å²) in [5.74, 6) is 0. The highest BCUT2D eigenvalue weighted by Crippen LogP contribution is 2.28. The van der Waals surface area contributed by atoms with Crippen LogP contribution in [0.5, 0.6) is 0 Å². The van der Waals surface area contributed by atoms with Gasteiger partial charge in [-0.25, -0.2) is 0 Å². The smallest absolute Gasteiger partial charge is 0.0595 e. The summed E-state index contributed by atoms with van der Waals surface area (Å²) in [6, 6.07) is 6.25. The van der Waals surface area contributed by atoms with Crippen LogP contribution in [0.4, 0.5) is 0 Å². The van der Waals surface area contributed by atoms with E-state index in [0.717, 1.165) is 6.54 Å². The lowest BCUT2D eigenvalue weighted by atomic mass is 10.2. The first-order valence-corrected chi connectivity index (χ1v) is 4.21. The van der Waals surface area contributed by atoms with Gasteiger partial charge in [0.15, 0.2) is 0 Å². The van der Waals surface area contributed by atoms with Gasteiger partial charge < -0.3 is 5.32 Å². The highest BCUT2D eigenvalue weighted by Gasteiger charge is 2.22. The third kappa shape index (κ3) is 1.51. The molecule has 0 radical (unpaired) electrons. The van der Waals surface area contributed by atoms with E-state index in [4.69, 9.17) is 23.2 Å². The average Bonchev–Trinajstić information content (AvgIpc) is 2.77. The summed E-state index contributed by atoms with van der Waals surface area (Å²) in [7, 11) is 0. The molecular weight excluding hydrogens is 181 g/mol. The molecule has 1 nitrogen and oxygen atoms in total. The predicted molar refractivity (Wildman–Crippen MR) is 47.2 cm³/mol. The Bertz CT molecular complexity index is 281. The van der Waals surface area contributed by atoms with E-state index < -0.39 is 0 Å². The zero-order valence-corrected chi connectivity index (χ0v) is 7.28. The fourth-order valence-corrected chi connectivity index (χ4v) is 1.33.